The van der Waals surface area contributed by atoms with Gasteiger partial charge < -0.3 is 9.88 Å². The summed E-state index contributed by atoms with van der Waals surface area (Å²) in [5.41, 5.74) is 2.42. The van der Waals surface area contributed by atoms with Crippen LogP contribution in [0.15, 0.2) is 24.3 Å². The van der Waals surface area contributed by atoms with Gasteiger partial charge in [0.1, 0.15) is 5.82 Å². The predicted octanol–water partition coefficient (Wildman–Crippen LogP) is 3.16. The van der Waals surface area contributed by atoms with Crippen LogP contribution in [-0.4, -0.2) is 22.6 Å². The molecular weight excluding hydrogens is 234 g/mol. The lowest BCUT2D eigenvalue weighted by atomic mass is 9.99. The number of imidazole rings is 1. The summed E-state index contributed by atoms with van der Waals surface area (Å²) >= 11 is 0. The molecule has 3 heteroatoms. The number of hydrogen-bond acceptors (Lipinski definition) is 2. The molecule has 1 fully saturated rings. The number of nitrogens with one attached hydrogen (secondary N) is 1. The molecule has 3 nitrogen and oxygen atoms in total. The molecule has 1 aliphatic heterocycles. The number of aromatic nitrogens is 2. The molecule has 19 heavy (non-hydrogen) atoms. The first kappa shape index (κ1) is 12.7. The van der Waals surface area contributed by atoms with Gasteiger partial charge in [-0.25, -0.2) is 4.98 Å². The molecule has 0 aliphatic carbocycles. The van der Waals surface area contributed by atoms with Crippen molar-refractivity contribution in [2.75, 3.05) is 13.1 Å². The molecule has 1 unspecified atom stereocenters. The summed E-state index contributed by atoms with van der Waals surface area (Å²) < 4.78 is 2.44. The lowest BCUT2D eigenvalue weighted by molar-refractivity contribution is 0.335. The number of para-hydroxylation sites is 2. The van der Waals surface area contributed by atoms with Crippen molar-refractivity contribution in [2.24, 2.45) is 5.92 Å². The fraction of sp³-hybridized carbons (Fsp3) is 0.562. The maximum atomic E-state index is 4.82. The van der Waals surface area contributed by atoms with Crippen LogP contribution in [-0.2, 0) is 6.54 Å². The highest BCUT2D eigenvalue weighted by molar-refractivity contribution is 5.76. The van der Waals surface area contributed by atoms with Crippen molar-refractivity contribution in [2.45, 2.75) is 39.2 Å². The van der Waals surface area contributed by atoms with Gasteiger partial charge in [-0.05, 0) is 44.0 Å². The molecule has 1 aromatic heterocycles. The number of nitrogens with zero attached hydrogens (tertiary/aromatic N) is 2. The molecule has 2 heterocycles. The zero-order valence-corrected chi connectivity index (χ0v) is 11.9. The summed E-state index contributed by atoms with van der Waals surface area (Å²) in [6.07, 6.45) is 2.63. The van der Waals surface area contributed by atoms with E-state index in [4.69, 9.17) is 4.98 Å². The van der Waals surface area contributed by atoms with Crippen molar-refractivity contribution < 1.29 is 0 Å². The number of piperidine rings is 1. The minimum absolute atomic E-state index is 0.476. The Morgan fingerprint density at radius 2 is 2.21 bits per heavy atom. The molecule has 1 atom stereocenters. The van der Waals surface area contributed by atoms with E-state index in [0.717, 1.165) is 24.5 Å². The largest absolute Gasteiger partial charge is 0.327 e. The molecule has 0 bridgehead atoms. The molecule has 0 saturated carbocycles. The topological polar surface area (TPSA) is 29.9 Å². The predicted molar refractivity (Wildman–Crippen MR) is 79.4 cm³/mol. The molecule has 1 aliphatic rings. The molecule has 1 aromatic carbocycles. The molecule has 1 saturated heterocycles. The Morgan fingerprint density at radius 1 is 1.37 bits per heavy atom. The standard InChI is InChI=1S/C16H23N3/c1-12(2)16-18-14-7-3-4-8-15(14)19(16)11-13-6-5-9-17-10-13/h3-4,7-8,12-13,17H,5-6,9-11H2,1-2H3. The lowest BCUT2D eigenvalue weighted by Gasteiger charge is -2.24. The van der Waals surface area contributed by atoms with Crippen LogP contribution in [0.1, 0.15) is 38.4 Å². The van der Waals surface area contributed by atoms with Crippen LogP contribution < -0.4 is 5.32 Å². The van der Waals surface area contributed by atoms with Crippen molar-refractivity contribution in [3.63, 3.8) is 0 Å². The molecular formula is C16H23N3. The van der Waals surface area contributed by atoms with Gasteiger partial charge in [-0.3, -0.25) is 0 Å². The van der Waals surface area contributed by atoms with E-state index >= 15 is 0 Å². The van der Waals surface area contributed by atoms with E-state index in [1.165, 1.54) is 30.7 Å². The lowest BCUT2D eigenvalue weighted by Crippen LogP contribution is -2.32. The normalized spacial score (nSPS) is 20.3. The minimum atomic E-state index is 0.476. The van der Waals surface area contributed by atoms with Crippen molar-refractivity contribution in [1.29, 1.82) is 0 Å². The van der Waals surface area contributed by atoms with Gasteiger partial charge in [0.15, 0.2) is 0 Å². The van der Waals surface area contributed by atoms with Crippen molar-refractivity contribution >= 4 is 11.0 Å². The van der Waals surface area contributed by atoms with Crippen molar-refractivity contribution in [3.05, 3.63) is 30.1 Å². The smallest absolute Gasteiger partial charge is 0.112 e. The monoisotopic (exact) mass is 257 g/mol. The van der Waals surface area contributed by atoms with Crippen LogP contribution in [0.25, 0.3) is 11.0 Å². The summed E-state index contributed by atoms with van der Waals surface area (Å²) in [4.78, 5) is 4.82. The third kappa shape index (κ3) is 2.52. The highest BCUT2D eigenvalue weighted by atomic mass is 15.1. The fourth-order valence-corrected chi connectivity index (χ4v) is 3.06. The van der Waals surface area contributed by atoms with E-state index < -0.39 is 0 Å². The van der Waals surface area contributed by atoms with E-state index in [2.05, 4.69) is 48.0 Å². The summed E-state index contributed by atoms with van der Waals surface area (Å²) in [6, 6.07) is 8.51. The third-order valence-electron chi connectivity index (χ3n) is 4.04. The van der Waals surface area contributed by atoms with Gasteiger partial charge in [-0.2, -0.15) is 0 Å². The SMILES string of the molecule is CC(C)c1nc2ccccc2n1CC1CCCNC1. The molecule has 0 spiro atoms. The van der Waals surface area contributed by atoms with Crippen molar-refractivity contribution in [3.8, 4) is 0 Å². The maximum Gasteiger partial charge on any atom is 0.112 e. The number of fused-ring (bicyclic) bond motifs is 1. The Morgan fingerprint density at radius 3 is 2.95 bits per heavy atom. The first-order valence-corrected chi connectivity index (χ1v) is 7.41. The quantitative estimate of drug-likeness (QED) is 0.915. The molecule has 0 radical (unpaired) electrons. The molecule has 102 valence electrons. The van der Waals surface area contributed by atoms with Crippen molar-refractivity contribution in [1.82, 2.24) is 14.9 Å². The van der Waals surface area contributed by atoms with Gasteiger partial charge in [0.2, 0.25) is 0 Å². The van der Waals surface area contributed by atoms with Crippen LogP contribution in [0, 0.1) is 5.92 Å². The zero-order chi connectivity index (χ0) is 13.2. The Labute approximate surface area is 115 Å². The highest BCUT2D eigenvalue weighted by Gasteiger charge is 2.18. The van der Waals surface area contributed by atoms with E-state index in [-0.39, 0.29) is 0 Å². The molecule has 1 N–H and O–H groups in total. The minimum Gasteiger partial charge on any atom is -0.327 e. The molecule has 0 amide bonds. The molecule has 3 rings (SSSR count). The maximum absolute atomic E-state index is 4.82. The van der Waals surface area contributed by atoms with Gasteiger partial charge in [0.05, 0.1) is 11.0 Å². The summed E-state index contributed by atoms with van der Waals surface area (Å²) in [5, 5.41) is 3.51. The fourth-order valence-electron chi connectivity index (χ4n) is 3.06. The Kier molecular flexibility index (Phi) is 3.56. The van der Waals surface area contributed by atoms with Crippen LogP contribution in [0.5, 0.6) is 0 Å². The second-order valence-electron chi connectivity index (χ2n) is 5.94. The average Bonchev–Trinajstić information content (AvgIpc) is 2.79. The number of hydrogen-bond donors (Lipinski definition) is 1. The second kappa shape index (κ2) is 5.33. The van der Waals surface area contributed by atoms with Gasteiger partial charge in [-0.1, -0.05) is 26.0 Å². The van der Waals surface area contributed by atoms with Crippen LogP contribution in [0.2, 0.25) is 0 Å². The Balaban J connectivity index is 1.97. The average molecular weight is 257 g/mol. The van der Waals surface area contributed by atoms with Crippen LogP contribution >= 0.6 is 0 Å². The number of benzene rings is 1. The van der Waals surface area contributed by atoms with E-state index in [1.807, 2.05) is 0 Å². The van der Waals surface area contributed by atoms with E-state index in [1.54, 1.807) is 0 Å². The van der Waals surface area contributed by atoms with Gasteiger partial charge in [-0.15, -0.1) is 0 Å². The highest BCUT2D eigenvalue weighted by Crippen LogP contribution is 2.24. The van der Waals surface area contributed by atoms with Gasteiger partial charge in [0.25, 0.3) is 0 Å². The summed E-state index contributed by atoms with van der Waals surface area (Å²) in [6.45, 7) is 7.89. The number of rotatable bonds is 3. The van der Waals surface area contributed by atoms with E-state index in [0.29, 0.717) is 5.92 Å². The van der Waals surface area contributed by atoms with E-state index in [9.17, 15) is 0 Å². The van der Waals surface area contributed by atoms with Crippen LogP contribution in [0.4, 0.5) is 0 Å². The van der Waals surface area contributed by atoms with Gasteiger partial charge in [0, 0.05) is 12.5 Å². The Bertz CT molecular complexity index is 550. The second-order valence-corrected chi connectivity index (χ2v) is 5.94. The Hall–Kier alpha value is -1.35. The summed E-state index contributed by atoms with van der Waals surface area (Å²) in [7, 11) is 0. The molecule has 2 aromatic rings. The first-order chi connectivity index (χ1) is 9.25. The van der Waals surface area contributed by atoms with Crippen LogP contribution in [0.3, 0.4) is 0 Å². The summed E-state index contributed by atoms with van der Waals surface area (Å²) in [5.74, 6) is 2.44. The third-order valence-corrected chi connectivity index (χ3v) is 4.04. The first-order valence-electron chi connectivity index (χ1n) is 7.41. The zero-order valence-electron chi connectivity index (χ0n) is 11.9. The van der Waals surface area contributed by atoms with Gasteiger partial charge >= 0.3 is 0 Å².